The summed E-state index contributed by atoms with van der Waals surface area (Å²) in [5.41, 5.74) is 5.96. The maximum Gasteiger partial charge on any atom is 0.136 e. The van der Waals surface area contributed by atoms with Crippen LogP contribution in [0.1, 0.15) is 56.7 Å². The number of hydrogen-bond acceptors (Lipinski definition) is 3. The Morgan fingerprint density at radius 3 is 2.61 bits per heavy atom. The van der Waals surface area contributed by atoms with Crippen LogP contribution in [-0.2, 0) is 12.0 Å². The molecule has 0 atom stereocenters. The first-order chi connectivity index (χ1) is 13.4. The summed E-state index contributed by atoms with van der Waals surface area (Å²) in [4.78, 5) is 1.12. The Morgan fingerprint density at radius 1 is 1.07 bits per heavy atom. The summed E-state index contributed by atoms with van der Waals surface area (Å²) < 4.78 is 6.43. The number of hydrogen-bond donors (Lipinski definition) is 1. The van der Waals surface area contributed by atoms with Gasteiger partial charge in [0.1, 0.15) is 17.1 Å². The molecule has 1 aliphatic heterocycles. The van der Waals surface area contributed by atoms with Gasteiger partial charge in [0, 0.05) is 16.0 Å². The molecule has 3 heteroatoms. The Hall–Kier alpha value is -2.26. The van der Waals surface area contributed by atoms with E-state index in [2.05, 4.69) is 63.4 Å². The van der Waals surface area contributed by atoms with Crippen LogP contribution in [-0.4, -0.2) is 5.11 Å². The molecule has 4 rings (SSSR count). The number of aryl methyl sites for hydroxylation is 2. The largest absolute Gasteiger partial charge is 0.506 e. The number of fused-ring (bicyclic) bond motifs is 3. The van der Waals surface area contributed by atoms with Crippen molar-refractivity contribution in [3.05, 3.63) is 58.5 Å². The van der Waals surface area contributed by atoms with Crippen molar-refractivity contribution in [1.29, 1.82) is 0 Å². The van der Waals surface area contributed by atoms with E-state index in [-0.39, 0.29) is 0 Å². The molecule has 146 valence electrons. The van der Waals surface area contributed by atoms with Crippen LogP contribution in [0.2, 0.25) is 0 Å². The molecule has 1 aliphatic rings. The Bertz CT molecular complexity index is 1000. The van der Waals surface area contributed by atoms with Gasteiger partial charge < -0.3 is 9.84 Å². The first-order valence-electron chi connectivity index (χ1n) is 10.2. The van der Waals surface area contributed by atoms with Gasteiger partial charge in [0.2, 0.25) is 0 Å². The fraction of sp³-hybridized carbons (Fsp3) is 0.360. The quantitative estimate of drug-likeness (QED) is 0.457. The molecule has 1 N–H and O–H groups in total. The molecule has 3 aromatic rings. The van der Waals surface area contributed by atoms with E-state index in [0.29, 0.717) is 5.75 Å². The van der Waals surface area contributed by atoms with Gasteiger partial charge in [-0.3, -0.25) is 0 Å². The molecular weight excluding hydrogens is 364 g/mol. The minimum Gasteiger partial charge on any atom is -0.506 e. The van der Waals surface area contributed by atoms with E-state index in [1.165, 1.54) is 24.0 Å². The maximum absolute atomic E-state index is 11.5. The summed E-state index contributed by atoms with van der Waals surface area (Å²) in [7, 11) is 0. The van der Waals surface area contributed by atoms with E-state index >= 15 is 0 Å². The lowest BCUT2D eigenvalue weighted by molar-refractivity contribution is 0.105. The number of benzene rings is 2. The zero-order chi connectivity index (χ0) is 19.9. The average Bonchev–Trinajstić information content (AvgIpc) is 3.15. The highest BCUT2D eigenvalue weighted by Crippen LogP contribution is 2.53. The van der Waals surface area contributed by atoms with E-state index in [9.17, 15) is 5.11 Å². The van der Waals surface area contributed by atoms with Crippen LogP contribution in [0.3, 0.4) is 0 Å². The number of aromatic hydroxyl groups is 1. The van der Waals surface area contributed by atoms with Gasteiger partial charge in [0.05, 0.1) is 5.56 Å². The average molecular weight is 393 g/mol. The second-order valence-corrected chi connectivity index (χ2v) is 9.18. The summed E-state index contributed by atoms with van der Waals surface area (Å²) in [5, 5.41) is 13.5. The molecule has 2 nitrogen and oxygen atoms in total. The molecule has 0 unspecified atom stereocenters. The first-order valence-corrected chi connectivity index (χ1v) is 11.0. The van der Waals surface area contributed by atoms with Crippen LogP contribution in [0.25, 0.3) is 21.6 Å². The Morgan fingerprint density at radius 2 is 1.89 bits per heavy atom. The summed E-state index contributed by atoms with van der Waals surface area (Å²) in [5.74, 6) is 1.15. The van der Waals surface area contributed by atoms with E-state index in [1.807, 2.05) is 6.07 Å². The van der Waals surface area contributed by atoms with Crippen LogP contribution in [0.4, 0.5) is 0 Å². The smallest absolute Gasteiger partial charge is 0.136 e. The van der Waals surface area contributed by atoms with E-state index in [0.717, 1.165) is 45.7 Å². The third kappa shape index (κ3) is 3.22. The zero-order valence-corrected chi connectivity index (χ0v) is 18.0. The Balaban J connectivity index is 1.96. The van der Waals surface area contributed by atoms with E-state index < -0.39 is 5.60 Å². The van der Waals surface area contributed by atoms with Crippen LogP contribution in [0.5, 0.6) is 11.5 Å². The normalized spacial score (nSPS) is 14.3. The third-order valence-electron chi connectivity index (χ3n) is 5.62. The Labute approximate surface area is 171 Å². The molecule has 0 aliphatic carbocycles. The fourth-order valence-electron chi connectivity index (χ4n) is 4.22. The van der Waals surface area contributed by atoms with E-state index in [1.54, 1.807) is 11.3 Å². The standard InChI is InChI=1S/C25H28O2S/c1-5-6-7-9-17-15-20-23(24(26)22(17)21-10-8-13-28-21)18-14-16(2)11-12-19(18)25(3,4)27-20/h8,10-15,26H,5-7,9H2,1-4H3. The molecule has 2 heterocycles. The number of ether oxygens (including phenoxy) is 1. The van der Waals surface area contributed by atoms with Crippen molar-refractivity contribution < 1.29 is 9.84 Å². The van der Waals surface area contributed by atoms with Crippen molar-refractivity contribution in [3.63, 3.8) is 0 Å². The minimum absolute atomic E-state index is 0.355. The van der Waals surface area contributed by atoms with Gasteiger partial charge in [-0.15, -0.1) is 11.3 Å². The molecule has 0 saturated carbocycles. The first kappa shape index (κ1) is 19.1. The number of phenolic OH excluding ortho intramolecular Hbond substituents is 1. The van der Waals surface area contributed by atoms with Crippen molar-refractivity contribution in [2.75, 3.05) is 0 Å². The molecule has 0 spiro atoms. The van der Waals surface area contributed by atoms with Crippen molar-refractivity contribution >= 4 is 11.3 Å². The van der Waals surface area contributed by atoms with E-state index in [4.69, 9.17) is 4.74 Å². The second kappa shape index (κ2) is 7.29. The van der Waals surface area contributed by atoms with Crippen molar-refractivity contribution in [2.45, 2.75) is 59.0 Å². The minimum atomic E-state index is -0.423. The third-order valence-corrected chi connectivity index (χ3v) is 6.51. The van der Waals surface area contributed by atoms with Crippen molar-refractivity contribution in [3.8, 4) is 33.1 Å². The van der Waals surface area contributed by atoms with Crippen LogP contribution in [0, 0.1) is 6.92 Å². The monoisotopic (exact) mass is 392 g/mol. The highest BCUT2D eigenvalue weighted by atomic mass is 32.1. The van der Waals surface area contributed by atoms with Crippen LogP contribution in [0.15, 0.2) is 41.8 Å². The predicted octanol–water partition coefficient (Wildman–Crippen LogP) is 7.46. The number of phenols is 1. The van der Waals surface area contributed by atoms with Crippen LogP contribution < -0.4 is 4.74 Å². The lowest BCUT2D eigenvalue weighted by atomic mass is 9.83. The molecular formula is C25H28O2S. The molecule has 0 saturated heterocycles. The predicted molar refractivity (Wildman–Crippen MR) is 118 cm³/mol. The van der Waals surface area contributed by atoms with Crippen LogP contribution >= 0.6 is 11.3 Å². The van der Waals surface area contributed by atoms with Gasteiger partial charge in [0.15, 0.2) is 0 Å². The summed E-state index contributed by atoms with van der Waals surface area (Å²) in [6.07, 6.45) is 4.44. The van der Waals surface area contributed by atoms with Gasteiger partial charge in [-0.2, -0.15) is 0 Å². The maximum atomic E-state index is 11.5. The Kier molecular flexibility index (Phi) is 4.96. The molecule has 0 fully saturated rings. The lowest BCUT2D eigenvalue weighted by Crippen LogP contribution is -2.29. The molecule has 0 amide bonds. The topological polar surface area (TPSA) is 29.5 Å². The SMILES string of the molecule is CCCCCc1cc2c(c(O)c1-c1cccs1)-c1cc(C)ccc1C(C)(C)O2. The molecule has 0 bridgehead atoms. The number of rotatable bonds is 5. The highest BCUT2D eigenvalue weighted by molar-refractivity contribution is 7.13. The zero-order valence-electron chi connectivity index (χ0n) is 17.1. The molecule has 28 heavy (non-hydrogen) atoms. The molecule has 0 radical (unpaired) electrons. The van der Waals surface area contributed by atoms with Crippen molar-refractivity contribution in [2.24, 2.45) is 0 Å². The van der Waals surface area contributed by atoms with Gasteiger partial charge in [-0.25, -0.2) is 0 Å². The van der Waals surface area contributed by atoms with Gasteiger partial charge >= 0.3 is 0 Å². The summed E-state index contributed by atoms with van der Waals surface area (Å²) in [6.45, 7) is 8.52. The second-order valence-electron chi connectivity index (χ2n) is 8.23. The van der Waals surface area contributed by atoms with Gasteiger partial charge in [-0.05, 0) is 62.3 Å². The number of unbranched alkanes of at least 4 members (excludes halogenated alkanes) is 2. The lowest BCUT2D eigenvalue weighted by Gasteiger charge is -2.36. The molecule has 1 aromatic heterocycles. The molecule has 2 aromatic carbocycles. The fourth-order valence-corrected chi connectivity index (χ4v) is 5.02. The van der Waals surface area contributed by atoms with Crippen molar-refractivity contribution in [1.82, 2.24) is 0 Å². The summed E-state index contributed by atoms with van der Waals surface area (Å²) in [6, 6.07) is 12.7. The summed E-state index contributed by atoms with van der Waals surface area (Å²) >= 11 is 1.68. The van der Waals surface area contributed by atoms with Gasteiger partial charge in [0.25, 0.3) is 0 Å². The number of thiophene rings is 1. The highest BCUT2D eigenvalue weighted by Gasteiger charge is 2.35. The van der Waals surface area contributed by atoms with Gasteiger partial charge in [-0.1, -0.05) is 49.6 Å².